The summed E-state index contributed by atoms with van der Waals surface area (Å²) in [7, 11) is 0. The lowest BCUT2D eigenvalue weighted by atomic mass is 9.80. The molecule has 2 heterocycles. The lowest BCUT2D eigenvalue weighted by Gasteiger charge is -2.29. The first-order chi connectivity index (χ1) is 13.9. The van der Waals surface area contributed by atoms with E-state index in [2.05, 4.69) is 5.32 Å². The van der Waals surface area contributed by atoms with Crippen molar-refractivity contribution in [2.45, 2.75) is 32.4 Å². The summed E-state index contributed by atoms with van der Waals surface area (Å²) < 4.78 is 5.29. The van der Waals surface area contributed by atoms with Gasteiger partial charge in [-0.05, 0) is 38.5 Å². The number of carbonyl (C=O) groups is 3. The van der Waals surface area contributed by atoms with Gasteiger partial charge in [-0.15, -0.1) is 0 Å². The van der Waals surface area contributed by atoms with Gasteiger partial charge < -0.3 is 4.74 Å². The van der Waals surface area contributed by atoms with Gasteiger partial charge in [0.2, 0.25) is 11.8 Å². The molecule has 4 atom stereocenters. The molecule has 1 N–H and O–H groups in total. The van der Waals surface area contributed by atoms with Gasteiger partial charge in [-0.25, -0.2) is 4.90 Å². The molecular weight excluding hydrogens is 368 g/mol. The largest absolute Gasteiger partial charge is 0.465 e. The number of anilines is 1. The van der Waals surface area contributed by atoms with Crippen molar-refractivity contribution in [2.75, 3.05) is 11.5 Å². The van der Waals surface area contributed by atoms with Gasteiger partial charge >= 0.3 is 5.97 Å². The number of carbonyl (C=O) groups excluding carboxylic acids is 3. The number of nitrogens with one attached hydrogen (secondary N) is 1. The summed E-state index contributed by atoms with van der Waals surface area (Å²) in [5, 5.41) is 3.29. The second-order valence-electron chi connectivity index (χ2n) is 7.81. The van der Waals surface area contributed by atoms with Crippen LogP contribution in [-0.4, -0.2) is 29.9 Å². The van der Waals surface area contributed by atoms with Crippen molar-refractivity contribution in [1.29, 1.82) is 0 Å². The van der Waals surface area contributed by atoms with Gasteiger partial charge in [-0.1, -0.05) is 48.0 Å². The molecule has 2 aromatic carbocycles. The number of fused-ring (bicyclic) bond motifs is 1. The number of esters is 1. The maximum absolute atomic E-state index is 13.4. The third-order valence-corrected chi connectivity index (χ3v) is 5.90. The molecular formula is C23H24N2O4. The number of benzene rings is 2. The number of rotatable bonds is 4. The van der Waals surface area contributed by atoms with E-state index in [4.69, 9.17) is 4.74 Å². The van der Waals surface area contributed by atoms with Crippen LogP contribution < -0.4 is 10.2 Å². The lowest BCUT2D eigenvalue weighted by molar-refractivity contribution is -0.153. The summed E-state index contributed by atoms with van der Waals surface area (Å²) in [5.74, 6) is -2.69. The van der Waals surface area contributed by atoms with Crippen LogP contribution in [0.4, 0.5) is 5.69 Å². The molecule has 2 aliphatic heterocycles. The normalized spacial score (nSPS) is 28.5. The Hall–Kier alpha value is -2.99. The number of hydrogen-bond donors (Lipinski definition) is 1. The number of ether oxygens (including phenoxy) is 1. The molecule has 6 heteroatoms. The molecule has 0 aromatic heterocycles. The van der Waals surface area contributed by atoms with Crippen LogP contribution in [-0.2, 0) is 19.1 Å². The van der Waals surface area contributed by atoms with Crippen LogP contribution >= 0.6 is 0 Å². The molecule has 2 aromatic rings. The van der Waals surface area contributed by atoms with Crippen LogP contribution in [0.3, 0.4) is 0 Å². The lowest BCUT2D eigenvalue weighted by Crippen LogP contribution is -2.54. The number of para-hydroxylation sites is 1. The number of hydrogen-bond acceptors (Lipinski definition) is 5. The second-order valence-corrected chi connectivity index (χ2v) is 7.81. The number of imide groups is 1. The van der Waals surface area contributed by atoms with E-state index in [1.54, 1.807) is 38.1 Å². The van der Waals surface area contributed by atoms with E-state index >= 15 is 0 Å². The van der Waals surface area contributed by atoms with Crippen molar-refractivity contribution in [1.82, 2.24) is 5.32 Å². The first-order valence-corrected chi connectivity index (χ1v) is 9.83. The standard InChI is InChI=1S/C23H24N2O4/c1-4-29-22(28)23(3)18-17(19(24-23)15-10-8-9-14(2)13-15)20(26)25(21(18)27)16-11-6-5-7-12-16/h5-13,17-19,24H,4H2,1-3H3. The van der Waals surface area contributed by atoms with Gasteiger partial charge in [0.25, 0.3) is 0 Å². The summed E-state index contributed by atoms with van der Waals surface area (Å²) in [4.78, 5) is 41.0. The molecule has 2 amide bonds. The summed E-state index contributed by atoms with van der Waals surface area (Å²) >= 11 is 0. The van der Waals surface area contributed by atoms with Crippen LogP contribution in [0.25, 0.3) is 0 Å². The Morgan fingerprint density at radius 2 is 1.83 bits per heavy atom. The average Bonchev–Trinajstić information content (AvgIpc) is 3.17. The Morgan fingerprint density at radius 1 is 1.10 bits per heavy atom. The minimum Gasteiger partial charge on any atom is -0.465 e. The topological polar surface area (TPSA) is 75.7 Å². The molecule has 150 valence electrons. The third kappa shape index (κ3) is 2.95. The van der Waals surface area contributed by atoms with Gasteiger partial charge in [-0.2, -0.15) is 0 Å². The molecule has 4 rings (SSSR count). The Balaban J connectivity index is 1.82. The Kier molecular flexibility index (Phi) is 4.74. The van der Waals surface area contributed by atoms with Crippen molar-refractivity contribution in [3.05, 3.63) is 65.7 Å². The van der Waals surface area contributed by atoms with E-state index < -0.39 is 29.4 Å². The highest BCUT2D eigenvalue weighted by Gasteiger charge is 2.67. The maximum Gasteiger partial charge on any atom is 0.326 e. The van der Waals surface area contributed by atoms with E-state index in [9.17, 15) is 14.4 Å². The SMILES string of the molecule is CCOC(=O)C1(C)NC(c2cccc(C)c2)C2C(=O)N(c3ccccc3)C(=O)C21. The Morgan fingerprint density at radius 3 is 2.48 bits per heavy atom. The molecule has 2 fully saturated rings. The fourth-order valence-corrected chi connectivity index (χ4v) is 4.59. The quantitative estimate of drug-likeness (QED) is 0.640. The zero-order chi connectivity index (χ0) is 20.8. The highest BCUT2D eigenvalue weighted by Crippen LogP contribution is 2.50. The summed E-state index contributed by atoms with van der Waals surface area (Å²) in [5.41, 5.74) is 1.16. The van der Waals surface area contributed by atoms with E-state index in [0.29, 0.717) is 5.69 Å². The Labute approximate surface area is 169 Å². The van der Waals surface area contributed by atoms with Crippen molar-refractivity contribution < 1.29 is 19.1 Å². The van der Waals surface area contributed by atoms with Crippen molar-refractivity contribution in [2.24, 2.45) is 11.8 Å². The number of amides is 2. The highest BCUT2D eigenvalue weighted by atomic mass is 16.5. The second kappa shape index (κ2) is 7.12. The third-order valence-electron chi connectivity index (χ3n) is 5.90. The van der Waals surface area contributed by atoms with E-state index in [1.807, 2.05) is 37.3 Å². The van der Waals surface area contributed by atoms with Crippen LogP contribution in [0.15, 0.2) is 54.6 Å². The van der Waals surface area contributed by atoms with Gasteiger partial charge in [0.15, 0.2) is 0 Å². The summed E-state index contributed by atoms with van der Waals surface area (Å²) in [6, 6.07) is 16.2. The molecule has 2 aliphatic rings. The predicted molar refractivity (Wildman–Crippen MR) is 108 cm³/mol. The van der Waals surface area contributed by atoms with E-state index in [0.717, 1.165) is 11.1 Å². The summed E-state index contributed by atoms with van der Waals surface area (Å²) in [6.07, 6.45) is 0. The minimum absolute atomic E-state index is 0.202. The van der Waals surface area contributed by atoms with Crippen LogP contribution in [0.5, 0.6) is 0 Å². The van der Waals surface area contributed by atoms with Gasteiger partial charge in [-0.3, -0.25) is 19.7 Å². The molecule has 6 nitrogen and oxygen atoms in total. The molecule has 0 radical (unpaired) electrons. The average molecular weight is 392 g/mol. The van der Waals surface area contributed by atoms with Crippen LogP contribution in [0.2, 0.25) is 0 Å². The number of nitrogens with zero attached hydrogens (tertiary/aromatic N) is 1. The fourth-order valence-electron chi connectivity index (χ4n) is 4.59. The predicted octanol–water partition coefficient (Wildman–Crippen LogP) is 2.77. The monoisotopic (exact) mass is 392 g/mol. The van der Waals surface area contributed by atoms with Gasteiger partial charge in [0, 0.05) is 6.04 Å². The van der Waals surface area contributed by atoms with Crippen molar-refractivity contribution in [3.63, 3.8) is 0 Å². The maximum atomic E-state index is 13.4. The van der Waals surface area contributed by atoms with E-state index in [-0.39, 0.29) is 18.4 Å². The summed E-state index contributed by atoms with van der Waals surface area (Å²) in [6.45, 7) is 5.56. The molecule has 2 saturated heterocycles. The molecule has 0 saturated carbocycles. The molecule has 29 heavy (non-hydrogen) atoms. The zero-order valence-corrected chi connectivity index (χ0v) is 16.7. The molecule has 4 unspecified atom stereocenters. The smallest absolute Gasteiger partial charge is 0.326 e. The van der Waals surface area contributed by atoms with Crippen LogP contribution in [0.1, 0.15) is 31.0 Å². The van der Waals surface area contributed by atoms with Crippen LogP contribution in [0, 0.1) is 18.8 Å². The zero-order valence-electron chi connectivity index (χ0n) is 16.7. The first-order valence-electron chi connectivity index (χ1n) is 9.83. The fraction of sp³-hybridized carbons (Fsp3) is 0.348. The van der Waals surface area contributed by atoms with Gasteiger partial charge in [0.1, 0.15) is 5.54 Å². The minimum atomic E-state index is -1.29. The highest BCUT2D eigenvalue weighted by molar-refractivity contribution is 6.24. The molecule has 0 bridgehead atoms. The van der Waals surface area contributed by atoms with E-state index in [1.165, 1.54) is 4.90 Å². The molecule has 0 spiro atoms. The van der Waals surface area contributed by atoms with Crippen molar-refractivity contribution >= 4 is 23.5 Å². The van der Waals surface area contributed by atoms with Crippen molar-refractivity contribution in [3.8, 4) is 0 Å². The first kappa shape index (κ1) is 19.3. The Bertz CT molecular complexity index is 974. The number of aryl methyl sites for hydroxylation is 1. The van der Waals surface area contributed by atoms with Gasteiger partial charge in [0.05, 0.1) is 24.1 Å². The molecule has 0 aliphatic carbocycles.